The third-order valence-electron chi connectivity index (χ3n) is 2.90. The molecule has 17 heavy (non-hydrogen) atoms. The van der Waals surface area contributed by atoms with Crippen molar-refractivity contribution in [3.63, 3.8) is 0 Å². The monoisotopic (exact) mass is 341 g/mol. The van der Waals surface area contributed by atoms with Crippen molar-refractivity contribution >= 4 is 39.2 Å². The molecule has 4 nitrogen and oxygen atoms in total. The van der Waals surface area contributed by atoms with Gasteiger partial charge in [-0.25, -0.2) is 0 Å². The third-order valence-corrected chi connectivity index (χ3v) is 3.66. The molecule has 1 atom stereocenters. The number of hydroxylamine groups is 1. The summed E-state index contributed by atoms with van der Waals surface area (Å²) >= 11 is 2.34. The summed E-state index contributed by atoms with van der Waals surface area (Å²) in [6, 6.07) is 4.07. The number of allylic oxidation sites excluding steroid dienone is 1. The maximum absolute atomic E-state index is 5.41. The van der Waals surface area contributed by atoms with E-state index < -0.39 is 0 Å². The Morgan fingerprint density at radius 1 is 1.47 bits per heavy atom. The number of pyridine rings is 1. The van der Waals surface area contributed by atoms with Gasteiger partial charge in [-0.2, -0.15) is 0 Å². The molecule has 0 amide bonds. The van der Waals surface area contributed by atoms with Gasteiger partial charge in [0.15, 0.2) is 0 Å². The van der Waals surface area contributed by atoms with E-state index in [1.54, 1.807) is 0 Å². The standard InChI is InChI=1S/C12H12IN3O/c1-7-11(12(2,13)16-17-7)8-5-10-9(15-6-8)3-4-14-10/h3-6,14,16H,1-2H3. The Hall–Kier alpha value is -1.08. The summed E-state index contributed by atoms with van der Waals surface area (Å²) in [4.78, 5) is 13.0. The van der Waals surface area contributed by atoms with Crippen molar-refractivity contribution in [2.75, 3.05) is 0 Å². The largest absolute Gasteiger partial charge is 0.411 e. The number of hydrogen-bond donors (Lipinski definition) is 2. The predicted octanol–water partition coefficient (Wildman–Crippen LogP) is 2.98. The van der Waals surface area contributed by atoms with Gasteiger partial charge in [-0.1, -0.05) is 22.6 Å². The summed E-state index contributed by atoms with van der Waals surface area (Å²) in [6.07, 6.45) is 3.79. The first-order valence-electron chi connectivity index (χ1n) is 5.36. The van der Waals surface area contributed by atoms with Crippen molar-refractivity contribution < 1.29 is 4.84 Å². The average molecular weight is 341 g/mol. The quantitative estimate of drug-likeness (QED) is 0.476. The molecular formula is C12H12IN3O. The lowest BCUT2D eigenvalue weighted by molar-refractivity contribution is 0.118. The van der Waals surface area contributed by atoms with Gasteiger partial charge in [0.2, 0.25) is 0 Å². The van der Waals surface area contributed by atoms with Crippen molar-refractivity contribution in [3.05, 3.63) is 35.8 Å². The van der Waals surface area contributed by atoms with E-state index in [-0.39, 0.29) is 3.55 Å². The predicted molar refractivity (Wildman–Crippen MR) is 75.3 cm³/mol. The van der Waals surface area contributed by atoms with Crippen molar-refractivity contribution in [1.29, 1.82) is 0 Å². The molecule has 1 aliphatic rings. The molecule has 1 unspecified atom stereocenters. The average Bonchev–Trinajstić information content (AvgIpc) is 2.82. The zero-order valence-corrected chi connectivity index (χ0v) is 11.7. The van der Waals surface area contributed by atoms with E-state index in [9.17, 15) is 0 Å². The number of H-pyrrole nitrogens is 1. The molecule has 0 aliphatic carbocycles. The first-order valence-corrected chi connectivity index (χ1v) is 6.43. The van der Waals surface area contributed by atoms with Crippen LogP contribution < -0.4 is 5.48 Å². The fourth-order valence-electron chi connectivity index (χ4n) is 2.15. The smallest absolute Gasteiger partial charge is 0.131 e. The lowest BCUT2D eigenvalue weighted by Crippen LogP contribution is -2.30. The number of nitrogens with one attached hydrogen (secondary N) is 2. The van der Waals surface area contributed by atoms with Crippen LogP contribution in [0.1, 0.15) is 19.4 Å². The van der Waals surface area contributed by atoms with Crippen LogP contribution in [0, 0.1) is 0 Å². The number of fused-ring (bicyclic) bond motifs is 1. The molecule has 0 saturated heterocycles. The van der Waals surface area contributed by atoms with E-state index in [2.05, 4.69) is 51.0 Å². The molecule has 2 aromatic rings. The summed E-state index contributed by atoms with van der Waals surface area (Å²) in [6.45, 7) is 4.05. The van der Waals surface area contributed by atoms with Crippen LogP contribution in [0.2, 0.25) is 0 Å². The first-order chi connectivity index (χ1) is 8.08. The molecule has 2 N–H and O–H groups in total. The van der Waals surface area contributed by atoms with Crippen molar-refractivity contribution in [3.8, 4) is 0 Å². The minimum absolute atomic E-state index is 0.218. The molecule has 0 spiro atoms. The van der Waals surface area contributed by atoms with Crippen LogP contribution >= 0.6 is 22.6 Å². The van der Waals surface area contributed by atoms with Gasteiger partial charge in [0, 0.05) is 23.5 Å². The van der Waals surface area contributed by atoms with Gasteiger partial charge in [0.1, 0.15) is 9.30 Å². The zero-order chi connectivity index (χ0) is 12.0. The van der Waals surface area contributed by atoms with Crippen LogP contribution in [0.15, 0.2) is 30.3 Å². The molecule has 0 saturated carbocycles. The SMILES string of the molecule is CC1=C(c2cnc3cc[nH]c3c2)C(C)(I)NO1. The summed E-state index contributed by atoms with van der Waals surface area (Å²) in [7, 11) is 0. The van der Waals surface area contributed by atoms with Gasteiger partial charge in [-0.15, -0.1) is 5.48 Å². The number of rotatable bonds is 1. The normalized spacial score (nSPS) is 24.4. The second-order valence-electron chi connectivity index (χ2n) is 4.27. The van der Waals surface area contributed by atoms with Gasteiger partial charge in [0.25, 0.3) is 0 Å². The van der Waals surface area contributed by atoms with Crippen LogP contribution in [-0.4, -0.2) is 13.5 Å². The molecule has 1 aliphatic heterocycles. The maximum atomic E-state index is 5.41. The van der Waals surface area contributed by atoms with Gasteiger partial charge in [0.05, 0.1) is 11.0 Å². The Bertz CT molecular complexity index is 615. The van der Waals surface area contributed by atoms with Crippen LogP contribution in [0.3, 0.4) is 0 Å². The Labute approximate surface area is 113 Å². The highest BCUT2D eigenvalue weighted by atomic mass is 127. The summed E-state index contributed by atoms with van der Waals surface area (Å²) < 4.78 is -0.218. The molecule has 0 radical (unpaired) electrons. The van der Waals surface area contributed by atoms with Crippen molar-refractivity contribution in [2.45, 2.75) is 17.4 Å². The molecule has 5 heteroatoms. The number of aromatic nitrogens is 2. The molecule has 3 rings (SSSR count). The highest BCUT2D eigenvalue weighted by Crippen LogP contribution is 2.40. The number of alkyl halides is 1. The highest BCUT2D eigenvalue weighted by Gasteiger charge is 2.35. The summed E-state index contributed by atoms with van der Waals surface area (Å²) in [5.74, 6) is 0.898. The maximum Gasteiger partial charge on any atom is 0.131 e. The second kappa shape index (κ2) is 3.71. The van der Waals surface area contributed by atoms with Gasteiger partial charge in [-0.05, 0) is 26.0 Å². The molecule has 0 fully saturated rings. The van der Waals surface area contributed by atoms with E-state index in [0.29, 0.717) is 0 Å². The number of halogens is 1. The van der Waals surface area contributed by atoms with E-state index in [4.69, 9.17) is 4.84 Å². The first kappa shape index (κ1) is 11.0. The number of nitrogens with zero attached hydrogens (tertiary/aromatic N) is 1. The van der Waals surface area contributed by atoms with Crippen LogP contribution in [0.25, 0.3) is 16.6 Å². The minimum Gasteiger partial charge on any atom is -0.411 e. The Balaban J connectivity index is 2.18. The second-order valence-corrected chi connectivity index (χ2v) is 6.43. The molecule has 88 valence electrons. The topological polar surface area (TPSA) is 49.9 Å². The van der Waals surface area contributed by atoms with E-state index >= 15 is 0 Å². The lowest BCUT2D eigenvalue weighted by atomic mass is 10.0. The zero-order valence-electron chi connectivity index (χ0n) is 9.54. The van der Waals surface area contributed by atoms with Gasteiger partial charge in [-0.3, -0.25) is 4.98 Å². The van der Waals surface area contributed by atoms with Crippen molar-refractivity contribution in [2.24, 2.45) is 0 Å². The van der Waals surface area contributed by atoms with Crippen LogP contribution in [0.5, 0.6) is 0 Å². The van der Waals surface area contributed by atoms with Crippen molar-refractivity contribution in [1.82, 2.24) is 15.4 Å². The minimum atomic E-state index is -0.218. The Morgan fingerprint density at radius 2 is 2.29 bits per heavy atom. The van der Waals surface area contributed by atoms with E-state index in [0.717, 1.165) is 27.9 Å². The molecule has 0 bridgehead atoms. The van der Waals surface area contributed by atoms with E-state index in [1.165, 1.54) is 0 Å². The van der Waals surface area contributed by atoms with Crippen LogP contribution in [0.4, 0.5) is 0 Å². The summed E-state index contributed by atoms with van der Waals surface area (Å²) in [5, 5.41) is 0. The lowest BCUT2D eigenvalue weighted by Gasteiger charge is -2.17. The third kappa shape index (κ3) is 1.73. The Morgan fingerprint density at radius 3 is 3.00 bits per heavy atom. The van der Waals surface area contributed by atoms with Gasteiger partial charge < -0.3 is 9.82 Å². The van der Waals surface area contributed by atoms with Gasteiger partial charge >= 0.3 is 0 Å². The molecule has 0 aromatic carbocycles. The fraction of sp³-hybridized carbons (Fsp3) is 0.250. The highest BCUT2D eigenvalue weighted by molar-refractivity contribution is 14.1. The number of hydrogen-bond acceptors (Lipinski definition) is 3. The molecule has 2 aromatic heterocycles. The molecular weight excluding hydrogens is 329 g/mol. The summed E-state index contributed by atoms with van der Waals surface area (Å²) in [5.41, 5.74) is 7.26. The number of aromatic amines is 1. The molecule has 3 heterocycles. The fourth-order valence-corrected chi connectivity index (χ4v) is 2.95. The van der Waals surface area contributed by atoms with E-state index in [1.807, 2.05) is 25.4 Å². The van der Waals surface area contributed by atoms with Crippen LogP contribution in [-0.2, 0) is 4.84 Å². The Kier molecular flexibility index (Phi) is 2.41.